The van der Waals surface area contributed by atoms with Gasteiger partial charge in [-0.25, -0.2) is 8.42 Å². The SMILES string of the molecule is CCCCN(C(=O)CSc1nnc(C)n1-c1cc(C)ccc1C)C1CCS(=O)(=O)C1. The van der Waals surface area contributed by atoms with Crippen molar-refractivity contribution in [1.82, 2.24) is 19.7 Å². The van der Waals surface area contributed by atoms with Crippen molar-refractivity contribution < 1.29 is 13.2 Å². The lowest BCUT2D eigenvalue weighted by molar-refractivity contribution is -0.130. The number of carbonyl (C=O) groups is 1. The number of aromatic nitrogens is 3. The van der Waals surface area contributed by atoms with Gasteiger partial charge in [0.15, 0.2) is 15.0 Å². The Morgan fingerprint density at radius 2 is 2.03 bits per heavy atom. The number of hydrogen-bond acceptors (Lipinski definition) is 6. The van der Waals surface area contributed by atoms with Crippen LogP contribution in [0, 0.1) is 20.8 Å². The summed E-state index contributed by atoms with van der Waals surface area (Å²) in [7, 11) is -3.04. The Balaban J connectivity index is 1.77. The van der Waals surface area contributed by atoms with E-state index in [0.29, 0.717) is 18.1 Å². The molecule has 1 aliphatic rings. The number of amides is 1. The van der Waals surface area contributed by atoms with E-state index in [1.807, 2.05) is 25.3 Å². The summed E-state index contributed by atoms with van der Waals surface area (Å²) in [5.41, 5.74) is 3.26. The van der Waals surface area contributed by atoms with E-state index in [9.17, 15) is 13.2 Å². The minimum atomic E-state index is -3.04. The number of sulfone groups is 1. The number of unbranched alkanes of at least 4 members (excludes halogenated alkanes) is 1. The van der Waals surface area contributed by atoms with Crippen molar-refractivity contribution in [1.29, 1.82) is 0 Å². The molecule has 164 valence electrons. The van der Waals surface area contributed by atoms with Crippen LogP contribution in [0.25, 0.3) is 5.69 Å². The normalized spacial score (nSPS) is 17.9. The van der Waals surface area contributed by atoms with Gasteiger partial charge in [0.25, 0.3) is 0 Å². The van der Waals surface area contributed by atoms with Gasteiger partial charge in [0, 0.05) is 12.6 Å². The van der Waals surface area contributed by atoms with Gasteiger partial charge in [-0.1, -0.05) is 37.2 Å². The molecule has 7 nitrogen and oxygen atoms in total. The molecule has 3 rings (SSSR count). The van der Waals surface area contributed by atoms with Crippen molar-refractivity contribution in [2.24, 2.45) is 0 Å². The zero-order chi connectivity index (χ0) is 21.9. The topological polar surface area (TPSA) is 85.2 Å². The zero-order valence-electron chi connectivity index (χ0n) is 18.1. The maximum absolute atomic E-state index is 13.0. The quantitative estimate of drug-likeness (QED) is 0.575. The Kier molecular flexibility index (Phi) is 7.23. The van der Waals surface area contributed by atoms with Gasteiger partial charge in [-0.05, 0) is 50.8 Å². The second-order valence-electron chi connectivity index (χ2n) is 7.94. The highest BCUT2D eigenvalue weighted by molar-refractivity contribution is 7.99. The van der Waals surface area contributed by atoms with Gasteiger partial charge < -0.3 is 4.90 Å². The van der Waals surface area contributed by atoms with Crippen LogP contribution in [0.4, 0.5) is 0 Å². The molecule has 1 amide bonds. The molecule has 2 aromatic rings. The highest BCUT2D eigenvalue weighted by atomic mass is 32.2. The number of thioether (sulfide) groups is 1. The minimum Gasteiger partial charge on any atom is -0.338 e. The summed E-state index contributed by atoms with van der Waals surface area (Å²) >= 11 is 1.35. The summed E-state index contributed by atoms with van der Waals surface area (Å²) in [6, 6.07) is 6.01. The van der Waals surface area contributed by atoms with Gasteiger partial charge in [-0.3, -0.25) is 9.36 Å². The van der Waals surface area contributed by atoms with Gasteiger partial charge in [-0.2, -0.15) is 0 Å². The predicted molar refractivity (Wildman–Crippen MR) is 120 cm³/mol. The molecule has 1 aromatic carbocycles. The molecule has 1 aliphatic heterocycles. The van der Waals surface area contributed by atoms with Crippen LogP contribution in [0.15, 0.2) is 23.4 Å². The van der Waals surface area contributed by atoms with Crippen LogP contribution in [-0.4, -0.2) is 63.8 Å². The average Bonchev–Trinajstić information content (AvgIpc) is 3.24. The molecule has 1 unspecified atom stereocenters. The molecule has 1 aromatic heterocycles. The fraction of sp³-hybridized carbons (Fsp3) is 0.571. The van der Waals surface area contributed by atoms with Crippen LogP contribution in [0.5, 0.6) is 0 Å². The van der Waals surface area contributed by atoms with E-state index in [-0.39, 0.29) is 29.2 Å². The molecule has 9 heteroatoms. The summed E-state index contributed by atoms with van der Waals surface area (Å²) in [4.78, 5) is 14.8. The van der Waals surface area contributed by atoms with Crippen molar-refractivity contribution >= 4 is 27.5 Å². The highest BCUT2D eigenvalue weighted by Gasteiger charge is 2.34. The first-order chi connectivity index (χ1) is 14.2. The summed E-state index contributed by atoms with van der Waals surface area (Å²) in [5.74, 6) is 1.18. The van der Waals surface area contributed by atoms with Crippen LogP contribution < -0.4 is 0 Å². The molecular formula is C21H30N4O3S2. The average molecular weight is 451 g/mol. The molecule has 0 spiro atoms. The van der Waals surface area contributed by atoms with Gasteiger partial charge in [0.05, 0.1) is 22.9 Å². The van der Waals surface area contributed by atoms with Crippen LogP contribution in [0.3, 0.4) is 0 Å². The molecule has 2 heterocycles. The van der Waals surface area contributed by atoms with E-state index in [2.05, 4.69) is 35.3 Å². The third-order valence-electron chi connectivity index (χ3n) is 5.45. The molecule has 0 N–H and O–H groups in total. The Morgan fingerprint density at radius 1 is 1.27 bits per heavy atom. The van der Waals surface area contributed by atoms with Crippen LogP contribution in [-0.2, 0) is 14.6 Å². The maximum atomic E-state index is 13.0. The predicted octanol–water partition coefficient (Wildman–Crippen LogP) is 3.10. The molecule has 0 radical (unpaired) electrons. The number of hydrogen-bond donors (Lipinski definition) is 0. The molecule has 0 saturated carbocycles. The summed E-state index contributed by atoms with van der Waals surface area (Å²) in [6.45, 7) is 8.65. The molecule has 1 fully saturated rings. The van der Waals surface area contributed by atoms with Gasteiger partial charge in [0.1, 0.15) is 5.82 Å². The van der Waals surface area contributed by atoms with Gasteiger partial charge in [-0.15, -0.1) is 10.2 Å². The van der Waals surface area contributed by atoms with Gasteiger partial charge >= 0.3 is 0 Å². The Bertz CT molecular complexity index is 1020. The molecular weight excluding hydrogens is 420 g/mol. The largest absolute Gasteiger partial charge is 0.338 e. The number of nitrogens with zero attached hydrogens (tertiary/aromatic N) is 4. The van der Waals surface area contributed by atoms with Gasteiger partial charge in [0.2, 0.25) is 5.91 Å². The van der Waals surface area contributed by atoms with Crippen molar-refractivity contribution in [3.05, 3.63) is 35.2 Å². The highest BCUT2D eigenvalue weighted by Crippen LogP contribution is 2.26. The van der Waals surface area contributed by atoms with Crippen molar-refractivity contribution in [2.45, 2.75) is 58.2 Å². The smallest absolute Gasteiger partial charge is 0.233 e. The Labute approximate surface area is 183 Å². The number of aryl methyl sites for hydroxylation is 3. The minimum absolute atomic E-state index is 0.0382. The molecule has 0 aliphatic carbocycles. The number of rotatable bonds is 8. The third kappa shape index (κ3) is 5.24. The summed E-state index contributed by atoms with van der Waals surface area (Å²) < 4.78 is 25.8. The first kappa shape index (κ1) is 22.8. The lowest BCUT2D eigenvalue weighted by atomic mass is 10.1. The fourth-order valence-electron chi connectivity index (χ4n) is 3.74. The number of carbonyl (C=O) groups excluding carboxylic acids is 1. The molecule has 0 bridgehead atoms. The van der Waals surface area contributed by atoms with Crippen LogP contribution in [0.1, 0.15) is 43.1 Å². The van der Waals surface area contributed by atoms with E-state index in [0.717, 1.165) is 35.5 Å². The van der Waals surface area contributed by atoms with E-state index >= 15 is 0 Å². The van der Waals surface area contributed by atoms with Crippen molar-refractivity contribution in [3.8, 4) is 5.69 Å². The van der Waals surface area contributed by atoms with E-state index in [1.54, 1.807) is 4.90 Å². The summed E-state index contributed by atoms with van der Waals surface area (Å²) in [5, 5.41) is 9.18. The Hall–Kier alpha value is -1.87. The van der Waals surface area contributed by atoms with Crippen molar-refractivity contribution in [2.75, 3.05) is 23.8 Å². The first-order valence-corrected chi connectivity index (χ1v) is 13.1. The molecule has 1 saturated heterocycles. The monoisotopic (exact) mass is 450 g/mol. The number of benzene rings is 1. The van der Waals surface area contributed by atoms with Crippen LogP contribution >= 0.6 is 11.8 Å². The lowest BCUT2D eigenvalue weighted by Gasteiger charge is -2.28. The standard InChI is InChI=1S/C21H30N4O3S2/c1-5-6-10-24(18-9-11-30(27,28)14-18)20(26)13-29-21-23-22-17(4)25(21)19-12-15(2)7-8-16(19)3/h7-8,12,18H,5-6,9-11,13-14H2,1-4H3. The van der Waals surface area contributed by atoms with Crippen LogP contribution in [0.2, 0.25) is 0 Å². The first-order valence-electron chi connectivity index (χ1n) is 10.3. The molecule has 1 atom stereocenters. The zero-order valence-corrected chi connectivity index (χ0v) is 19.7. The van der Waals surface area contributed by atoms with E-state index < -0.39 is 9.84 Å². The third-order valence-corrected chi connectivity index (χ3v) is 8.11. The summed E-state index contributed by atoms with van der Waals surface area (Å²) in [6.07, 6.45) is 2.35. The molecule has 30 heavy (non-hydrogen) atoms. The van der Waals surface area contributed by atoms with Crippen molar-refractivity contribution in [3.63, 3.8) is 0 Å². The van der Waals surface area contributed by atoms with E-state index in [4.69, 9.17) is 0 Å². The second-order valence-corrected chi connectivity index (χ2v) is 11.1. The lowest BCUT2D eigenvalue weighted by Crippen LogP contribution is -2.42. The van der Waals surface area contributed by atoms with E-state index in [1.165, 1.54) is 11.8 Å². The Morgan fingerprint density at radius 3 is 2.70 bits per heavy atom. The maximum Gasteiger partial charge on any atom is 0.233 e. The second kappa shape index (κ2) is 9.51. The fourth-order valence-corrected chi connectivity index (χ4v) is 6.35.